The first-order chi connectivity index (χ1) is 40.0. The standard InChI is InChI=1S/C64H42N2O8.4C2H6/c1-35-19-17-20-36(2)59(35)65-61(67)43-31-47(71-39-23-9-5-10-24-39)53-55-49(73-41-27-13-7-14-28-41)33-45-52-46(64(70)66(63(45)69)60-37(3)21-18-22-38(60)4)34-50(74-42-29-15-8-16-30-42)56(58(52)55)54-48(72-40-25-11-6-12-26-40)32-44(62(65)68)51(43)57(53)54;4*1-2/h5-34H,1-4H3;4*1-2H3. The highest BCUT2D eigenvalue weighted by atomic mass is 16.5. The second kappa shape index (κ2) is 24.3. The first-order valence-corrected chi connectivity index (χ1v) is 28.2. The second-order valence-electron chi connectivity index (χ2n) is 18.7. The van der Waals surface area contributed by atoms with Crippen LogP contribution in [0.25, 0.3) is 43.1 Å². The number of benzene rings is 11. The van der Waals surface area contributed by atoms with Crippen LogP contribution in [-0.4, -0.2) is 23.6 Å². The average molecular weight is 1090 g/mol. The fourth-order valence-electron chi connectivity index (χ4n) is 11.0. The largest absolute Gasteiger partial charge is 0.457 e. The summed E-state index contributed by atoms with van der Waals surface area (Å²) in [5.41, 5.74) is 4.73. The minimum atomic E-state index is -0.549. The molecule has 10 heteroatoms. The lowest BCUT2D eigenvalue weighted by atomic mass is 9.80. The molecule has 0 spiro atoms. The van der Waals surface area contributed by atoms with Crippen LogP contribution in [0.3, 0.4) is 0 Å². The Morgan fingerprint density at radius 2 is 0.463 bits per heavy atom. The van der Waals surface area contributed by atoms with Gasteiger partial charge in [0.1, 0.15) is 46.0 Å². The van der Waals surface area contributed by atoms with Gasteiger partial charge in [0.15, 0.2) is 0 Å². The highest BCUT2D eigenvalue weighted by Crippen LogP contribution is 2.58. The van der Waals surface area contributed by atoms with Crippen molar-refractivity contribution in [1.82, 2.24) is 0 Å². The zero-order valence-corrected chi connectivity index (χ0v) is 48.5. The molecule has 0 aromatic heterocycles. The maximum absolute atomic E-state index is 15.6. The van der Waals surface area contributed by atoms with Crippen LogP contribution < -0.4 is 28.7 Å². The normalized spacial score (nSPS) is 12.2. The van der Waals surface area contributed by atoms with Gasteiger partial charge < -0.3 is 18.9 Å². The van der Waals surface area contributed by atoms with Crippen molar-refractivity contribution in [3.63, 3.8) is 0 Å². The van der Waals surface area contributed by atoms with Gasteiger partial charge in [-0.05, 0) is 123 Å². The molecule has 412 valence electrons. The SMILES string of the molecule is CC.CC.CC.CC.Cc1cccc(C)c1N1C(=O)c2cc(Oc3ccccc3)c3c4c(Oc5ccccc5)cc5c6c(cc(Oc7ccccc7)c(c7c(Oc8ccccc8)cc(c2c37)C1=O)c64)C(=O)N(c1c(C)cccc1C)C5=O. The van der Waals surface area contributed by atoms with Gasteiger partial charge in [0.25, 0.3) is 23.6 Å². The Morgan fingerprint density at radius 1 is 0.256 bits per heavy atom. The van der Waals surface area contributed by atoms with Crippen molar-refractivity contribution in [2.75, 3.05) is 9.80 Å². The number of anilines is 2. The monoisotopic (exact) mass is 1090 g/mol. The number of rotatable bonds is 10. The van der Waals surface area contributed by atoms with Crippen LogP contribution in [0.1, 0.15) is 119 Å². The summed E-state index contributed by atoms with van der Waals surface area (Å²) in [5.74, 6) is 0.615. The molecule has 0 unspecified atom stereocenters. The van der Waals surface area contributed by atoms with Gasteiger partial charge >= 0.3 is 0 Å². The molecule has 11 aromatic carbocycles. The molecule has 2 aliphatic heterocycles. The van der Waals surface area contributed by atoms with E-state index in [1.807, 2.05) is 241 Å². The topological polar surface area (TPSA) is 112 Å². The Labute approximate surface area is 479 Å². The first kappa shape index (κ1) is 56.9. The van der Waals surface area contributed by atoms with Gasteiger partial charge in [-0.25, -0.2) is 9.80 Å². The number of fused-ring (bicyclic) bond motifs is 2. The van der Waals surface area contributed by atoms with Gasteiger partial charge in [0.2, 0.25) is 0 Å². The van der Waals surface area contributed by atoms with Gasteiger partial charge in [-0.3, -0.25) is 19.2 Å². The molecule has 10 nitrogen and oxygen atoms in total. The Morgan fingerprint density at radius 3 is 0.671 bits per heavy atom. The minimum Gasteiger partial charge on any atom is -0.457 e. The van der Waals surface area contributed by atoms with Crippen LogP contribution >= 0.6 is 0 Å². The molecule has 82 heavy (non-hydrogen) atoms. The van der Waals surface area contributed by atoms with E-state index in [9.17, 15) is 0 Å². The van der Waals surface area contributed by atoms with Crippen molar-refractivity contribution in [3.05, 3.63) is 226 Å². The van der Waals surface area contributed by atoms with Crippen molar-refractivity contribution < 1.29 is 38.1 Å². The molecule has 0 aliphatic carbocycles. The van der Waals surface area contributed by atoms with Crippen LogP contribution in [0, 0.1) is 27.7 Å². The van der Waals surface area contributed by atoms with Crippen LogP contribution in [-0.2, 0) is 0 Å². The summed E-state index contributed by atoms with van der Waals surface area (Å²) in [6, 6.07) is 54.9. The fourth-order valence-corrected chi connectivity index (χ4v) is 11.0. The Hall–Kier alpha value is -9.80. The van der Waals surface area contributed by atoms with Crippen LogP contribution in [0.15, 0.2) is 182 Å². The molecule has 13 rings (SSSR count). The Balaban J connectivity index is 0.000000972. The maximum Gasteiger partial charge on any atom is 0.266 e. The lowest BCUT2D eigenvalue weighted by Gasteiger charge is -2.33. The molecule has 0 fully saturated rings. The van der Waals surface area contributed by atoms with Crippen molar-refractivity contribution >= 4 is 78.1 Å². The predicted molar refractivity (Wildman–Crippen MR) is 333 cm³/mol. The Bertz CT molecular complexity index is 3670. The lowest BCUT2D eigenvalue weighted by molar-refractivity contribution is 0.0877. The number of amides is 4. The third-order valence-corrected chi connectivity index (χ3v) is 14.1. The van der Waals surface area contributed by atoms with Gasteiger partial charge in [0, 0.05) is 43.1 Å². The predicted octanol–water partition coefficient (Wildman–Crippen LogP) is 19.8. The van der Waals surface area contributed by atoms with Gasteiger partial charge in [-0.1, -0.05) is 165 Å². The third kappa shape index (κ3) is 9.70. The molecule has 11 aromatic rings. The first-order valence-electron chi connectivity index (χ1n) is 28.2. The number of carbonyl (C=O) groups excluding carboxylic acids is 4. The highest BCUT2D eigenvalue weighted by molar-refractivity contribution is 6.48. The number of aryl methyl sites for hydroxylation is 4. The van der Waals surface area contributed by atoms with Crippen molar-refractivity contribution in [3.8, 4) is 46.0 Å². The molecule has 0 saturated carbocycles. The molecule has 2 aliphatic rings. The molecular weight excluding hydrogens is 1020 g/mol. The lowest BCUT2D eigenvalue weighted by Crippen LogP contribution is -2.41. The summed E-state index contributed by atoms with van der Waals surface area (Å²) in [5, 5.41) is 3.35. The summed E-state index contributed by atoms with van der Waals surface area (Å²) in [6.07, 6.45) is 0. The molecule has 0 atom stereocenters. The van der Waals surface area contributed by atoms with Crippen LogP contribution in [0.2, 0.25) is 0 Å². The minimum absolute atomic E-state index is 0.208. The molecule has 2 heterocycles. The number of hydrogen-bond donors (Lipinski definition) is 0. The van der Waals surface area contributed by atoms with E-state index >= 15 is 19.2 Å². The highest BCUT2D eigenvalue weighted by Gasteiger charge is 2.43. The summed E-state index contributed by atoms with van der Waals surface area (Å²) in [4.78, 5) is 64.8. The number of hydrogen-bond acceptors (Lipinski definition) is 8. The molecule has 0 radical (unpaired) electrons. The number of para-hydroxylation sites is 6. The maximum atomic E-state index is 15.6. The summed E-state index contributed by atoms with van der Waals surface area (Å²) in [6.45, 7) is 23.5. The van der Waals surface area contributed by atoms with Gasteiger partial charge in [-0.15, -0.1) is 0 Å². The quantitative estimate of drug-likeness (QED) is 0.0756. The van der Waals surface area contributed by atoms with E-state index in [0.717, 1.165) is 22.3 Å². The number of ether oxygens (including phenoxy) is 4. The smallest absolute Gasteiger partial charge is 0.266 e. The second-order valence-corrected chi connectivity index (χ2v) is 18.7. The van der Waals surface area contributed by atoms with E-state index in [1.54, 1.807) is 24.3 Å². The zero-order valence-electron chi connectivity index (χ0n) is 48.5. The van der Waals surface area contributed by atoms with Gasteiger partial charge in [-0.2, -0.15) is 0 Å². The van der Waals surface area contributed by atoms with Gasteiger partial charge in [0.05, 0.1) is 33.6 Å². The van der Waals surface area contributed by atoms with E-state index in [2.05, 4.69) is 0 Å². The van der Waals surface area contributed by atoms with Crippen molar-refractivity contribution in [2.45, 2.75) is 83.1 Å². The Kier molecular flexibility index (Phi) is 16.9. The number of imide groups is 2. The fraction of sp³-hybridized carbons (Fsp3) is 0.167. The third-order valence-electron chi connectivity index (χ3n) is 14.1. The molecule has 0 bridgehead atoms. The number of nitrogens with zero attached hydrogens (tertiary/aromatic N) is 2. The van der Waals surface area contributed by atoms with E-state index in [1.165, 1.54) is 9.80 Å². The molecular formula is C72H66N2O8. The average Bonchev–Trinajstić information content (AvgIpc) is 2.70. The summed E-state index contributed by atoms with van der Waals surface area (Å²) < 4.78 is 28.1. The zero-order chi connectivity index (χ0) is 58.5. The van der Waals surface area contributed by atoms with E-state index in [-0.39, 0.29) is 45.3 Å². The van der Waals surface area contributed by atoms with E-state index < -0.39 is 23.6 Å². The van der Waals surface area contributed by atoms with Crippen molar-refractivity contribution in [1.29, 1.82) is 0 Å². The summed E-state index contributed by atoms with van der Waals surface area (Å²) >= 11 is 0. The summed E-state index contributed by atoms with van der Waals surface area (Å²) in [7, 11) is 0. The molecule has 0 saturated heterocycles. The number of carbonyl (C=O) groups is 4. The van der Waals surface area contributed by atoms with E-state index in [4.69, 9.17) is 18.9 Å². The van der Waals surface area contributed by atoms with Crippen molar-refractivity contribution in [2.24, 2.45) is 0 Å². The molecule has 4 amide bonds. The molecule has 0 N–H and O–H groups in total. The van der Waals surface area contributed by atoms with E-state index in [0.29, 0.717) is 77.5 Å². The van der Waals surface area contributed by atoms with Crippen LogP contribution in [0.4, 0.5) is 11.4 Å². The van der Waals surface area contributed by atoms with Crippen LogP contribution in [0.5, 0.6) is 46.0 Å².